The van der Waals surface area contributed by atoms with Crippen molar-refractivity contribution in [3.63, 3.8) is 0 Å². The molecule has 1 heterocycles. The zero-order valence-electron chi connectivity index (χ0n) is 15.2. The first kappa shape index (κ1) is 18.1. The third kappa shape index (κ3) is 2.24. The van der Waals surface area contributed by atoms with E-state index < -0.39 is 5.41 Å². The number of aromatic nitrogens is 1. The third-order valence-electron chi connectivity index (χ3n) is 5.75. The minimum absolute atomic E-state index is 0.0248. The Kier molecular flexibility index (Phi) is 3.92. The van der Waals surface area contributed by atoms with Gasteiger partial charge in [-0.05, 0) is 47.8 Å². The Morgan fingerprint density at radius 3 is 2.37 bits per heavy atom. The summed E-state index contributed by atoms with van der Waals surface area (Å²) in [6, 6.07) is 3.68. The highest BCUT2D eigenvalue weighted by Gasteiger charge is 2.51. The minimum Gasteiger partial charge on any atom is -0.300 e. The average Bonchev–Trinajstić information content (AvgIpc) is 2.87. The zero-order chi connectivity index (χ0) is 19.7. The Morgan fingerprint density at radius 1 is 1.11 bits per heavy atom. The number of nitrogens with zero attached hydrogens (tertiary/aromatic N) is 1. The maximum atomic E-state index is 12.8. The molecule has 2 aromatic rings. The zero-order valence-corrected chi connectivity index (χ0v) is 15.2. The first-order valence-corrected chi connectivity index (χ1v) is 8.66. The van der Waals surface area contributed by atoms with Crippen molar-refractivity contribution in [2.24, 2.45) is 0 Å². The molecule has 0 saturated heterocycles. The molecule has 7 heteroatoms. The maximum absolute atomic E-state index is 12.8. The van der Waals surface area contributed by atoms with Crippen LogP contribution in [0.15, 0.2) is 23.9 Å². The number of benzene rings is 1. The van der Waals surface area contributed by atoms with Gasteiger partial charge in [0.25, 0.3) is 0 Å². The monoisotopic (exact) mass is 343 g/mol. The molecule has 0 N–H and O–H groups in total. The van der Waals surface area contributed by atoms with Crippen LogP contribution >= 0.6 is 0 Å². The van der Waals surface area contributed by atoms with Gasteiger partial charge in [-0.1, -0.05) is 17.0 Å². The average molecular weight is 343 g/mol. The van der Waals surface area contributed by atoms with E-state index in [4.69, 9.17) is 31.4 Å². The summed E-state index contributed by atoms with van der Waals surface area (Å²) in [5.74, 6) is -0.0505. The fraction of sp³-hybridized carbons (Fsp3) is 0.250. The number of pyridine rings is 1. The Labute approximate surface area is 163 Å². The van der Waals surface area contributed by atoms with Gasteiger partial charge in [-0.3, -0.25) is 14.6 Å². The lowest BCUT2D eigenvalue weighted by atomic mass is 9.56. The van der Waals surface area contributed by atoms with Gasteiger partial charge in [-0.15, -0.1) is 10.9 Å². The second-order valence-corrected chi connectivity index (χ2v) is 7.37. The molecule has 0 amide bonds. The van der Waals surface area contributed by atoms with Crippen molar-refractivity contribution < 1.29 is 9.59 Å². The molecule has 1 unspecified atom stereocenters. The van der Waals surface area contributed by atoms with Crippen LogP contribution < -0.4 is 21.9 Å². The van der Waals surface area contributed by atoms with Gasteiger partial charge in [0, 0.05) is 24.5 Å². The highest BCUT2D eigenvalue weighted by Crippen LogP contribution is 2.56. The summed E-state index contributed by atoms with van der Waals surface area (Å²) in [5, 5.41) is 0. The van der Waals surface area contributed by atoms with Gasteiger partial charge in [0.15, 0.2) is 5.78 Å². The van der Waals surface area contributed by atoms with Crippen molar-refractivity contribution in [3.05, 3.63) is 35.0 Å². The molecule has 8 radical (unpaired) electrons. The van der Waals surface area contributed by atoms with Crippen LogP contribution in [0.25, 0.3) is 16.8 Å². The van der Waals surface area contributed by atoms with Crippen molar-refractivity contribution in [1.29, 1.82) is 0 Å². The van der Waals surface area contributed by atoms with E-state index in [0.29, 0.717) is 28.0 Å². The highest BCUT2D eigenvalue weighted by atomic mass is 16.1. The number of carbonyl (C=O) groups is 2. The molecule has 0 fully saturated rings. The summed E-state index contributed by atoms with van der Waals surface area (Å²) in [5.41, 5.74) is 3.96. The molecule has 1 aromatic heterocycles. The van der Waals surface area contributed by atoms with Crippen LogP contribution in [0.3, 0.4) is 0 Å². The smallest absolute Gasteiger partial charge is 0.160 e. The summed E-state index contributed by atoms with van der Waals surface area (Å²) in [7, 11) is 24.9. The van der Waals surface area contributed by atoms with Gasteiger partial charge in [0.2, 0.25) is 0 Å². The Bertz CT molecular complexity index is 1090. The van der Waals surface area contributed by atoms with Crippen molar-refractivity contribution in [3.8, 4) is 11.3 Å². The summed E-state index contributed by atoms with van der Waals surface area (Å²) >= 11 is 0. The number of allylic oxidation sites excluding steroid dienone is 2. The fourth-order valence-corrected chi connectivity index (χ4v) is 4.65. The quantitative estimate of drug-likeness (QED) is 0.651. The molecule has 0 spiro atoms. The summed E-state index contributed by atoms with van der Waals surface area (Å²) < 4.78 is 0. The fourth-order valence-electron chi connectivity index (χ4n) is 4.65. The van der Waals surface area contributed by atoms with Crippen molar-refractivity contribution in [2.75, 3.05) is 0 Å². The lowest BCUT2D eigenvalue weighted by molar-refractivity contribution is -0.118. The Morgan fingerprint density at radius 2 is 1.74 bits per heavy atom. The predicted molar refractivity (Wildman–Crippen MR) is 110 cm³/mol. The van der Waals surface area contributed by atoms with E-state index in [-0.39, 0.29) is 46.3 Å². The van der Waals surface area contributed by atoms with E-state index in [9.17, 15) is 9.59 Å². The van der Waals surface area contributed by atoms with Crippen LogP contribution in [0.2, 0.25) is 0 Å². The number of hydrogen-bond acceptors (Lipinski definition) is 3. The van der Waals surface area contributed by atoms with E-state index in [0.717, 1.165) is 5.56 Å². The number of carbonyl (C=O) groups excluding carboxylic acids is 2. The molecular formula is C20H13B4NO2. The number of rotatable bonds is 2. The minimum atomic E-state index is -0.813. The van der Waals surface area contributed by atoms with Crippen LogP contribution in [0.1, 0.15) is 37.8 Å². The number of Topliss-reactive ketones (excluding diaryl/α,β-unsaturated/α-hetero) is 2. The first-order chi connectivity index (χ1) is 12.7. The Hall–Kier alpha value is -2.29. The van der Waals surface area contributed by atoms with E-state index in [1.54, 1.807) is 19.2 Å². The number of hydrogen-bond donors (Lipinski definition) is 0. The molecule has 122 valence electrons. The summed E-state index contributed by atoms with van der Waals surface area (Å²) in [6.07, 6.45) is 2.01. The van der Waals surface area contributed by atoms with E-state index in [1.807, 2.05) is 6.07 Å². The lowest BCUT2D eigenvalue weighted by Crippen LogP contribution is -2.52. The second-order valence-electron chi connectivity index (χ2n) is 7.37. The largest absolute Gasteiger partial charge is 0.300 e. The van der Waals surface area contributed by atoms with Gasteiger partial charge in [0.1, 0.15) is 37.2 Å². The van der Waals surface area contributed by atoms with Gasteiger partial charge in [-0.2, -0.15) is 0 Å². The van der Waals surface area contributed by atoms with Crippen LogP contribution in [0.5, 0.6) is 0 Å². The molecular weight excluding hydrogens is 329 g/mol. The SMILES string of the molecule is [B]c1c([B])c([B])c2c(c1[B])C1=C(C)C(=O)CC1(CC(C)=O)c1cccnc1-2. The summed E-state index contributed by atoms with van der Waals surface area (Å²) in [6.45, 7) is 3.28. The second kappa shape index (κ2) is 5.85. The topological polar surface area (TPSA) is 47.0 Å². The van der Waals surface area contributed by atoms with Crippen LogP contribution in [-0.2, 0) is 15.0 Å². The van der Waals surface area contributed by atoms with Crippen molar-refractivity contribution in [1.82, 2.24) is 4.98 Å². The highest BCUT2D eigenvalue weighted by molar-refractivity contribution is 6.64. The molecule has 3 nitrogen and oxygen atoms in total. The van der Waals surface area contributed by atoms with Crippen LogP contribution in [0, 0.1) is 0 Å². The van der Waals surface area contributed by atoms with Gasteiger partial charge in [0.05, 0.1) is 5.69 Å². The lowest BCUT2D eigenvalue weighted by Gasteiger charge is -2.41. The molecule has 0 saturated carbocycles. The molecule has 27 heavy (non-hydrogen) atoms. The van der Waals surface area contributed by atoms with Crippen LogP contribution in [-0.4, -0.2) is 47.9 Å². The molecule has 2 aliphatic rings. The molecule has 0 bridgehead atoms. The molecule has 4 rings (SSSR count). The molecule has 1 aromatic carbocycles. The first-order valence-electron chi connectivity index (χ1n) is 8.66. The maximum Gasteiger partial charge on any atom is 0.160 e. The number of fused-ring (bicyclic) bond motifs is 6. The van der Waals surface area contributed by atoms with E-state index in [1.165, 1.54) is 6.92 Å². The van der Waals surface area contributed by atoms with E-state index in [2.05, 4.69) is 4.98 Å². The molecule has 1 atom stereocenters. The van der Waals surface area contributed by atoms with Crippen molar-refractivity contribution in [2.45, 2.75) is 32.1 Å². The number of ketones is 2. The van der Waals surface area contributed by atoms with Crippen molar-refractivity contribution >= 4 is 70.4 Å². The standard InChI is InChI=1S/C20H13B4NO2/c1-8(26)6-20-7-11(27)9(2)14(20)12-13(19-10(20)4-3-5-25-19)16(22)18(24)17(23)15(12)21/h3-5H,6-7H2,1-2H3. The van der Waals surface area contributed by atoms with Crippen LogP contribution in [0.4, 0.5) is 0 Å². The summed E-state index contributed by atoms with van der Waals surface area (Å²) in [4.78, 5) is 29.5. The predicted octanol–water partition coefficient (Wildman–Crippen LogP) is -1.10. The van der Waals surface area contributed by atoms with Gasteiger partial charge in [-0.25, -0.2) is 0 Å². The van der Waals surface area contributed by atoms with Gasteiger partial charge >= 0.3 is 0 Å². The molecule has 0 aliphatic heterocycles. The van der Waals surface area contributed by atoms with E-state index >= 15 is 0 Å². The van der Waals surface area contributed by atoms with Gasteiger partial charge < -0.3 is 0 Å². The normalized spacial score (nSPS) is 20.3. The molecule has 2 aliphatic carbocycles. The Balaban J connectivity index is 2.25. The third-order valence-corrected chi connectivity index (χ3v) is 5.75.